The van der Waals surface area contributed by atoms with Crippen LogP contribution in [0.2, 0.25) is 0 Å². The number of aromatic nitrogens is 1. The van der Waals surface area contributed by atoms with Crippen LogP contribution in [0.4, 0.5) is 9.18 Å². The largest absolute Gasteiger partial charge is 0.444 e. The predicted octanol–water partition coefficient (Wildman–Crippen LogP) is 5.17. The van der Waals surface area contributed by atoms with E-state index in [0.29, 0.717) is 5.92 Å². The SMILES string of the molecule is C[C@@H](CNC(C)(C)CC1CCC(NC(=O)OC(C)(C)C)CC1)c1cncc(F)c1. The summed E-state index contributed by atoms with van der Waals surface area (Å²) >= 11 is 0. The van der Waals surface area contributed by atoms with E-state index in [-0.39, 0.29) is 29.4 Å². The molecule has 29 heavy (non-hydrogen) atoms. The number of halogens is 1. The molecule has 5 nitrogen and oxygen atoms in total. The summed E-state index contributed by atoms with van der Waals surface area (Å²) in [6.07, 6.45) is 7.94. The third-order valence-electron chi connectivity index (χ3n) is 5.55. The predicted molar refractivity (Wildman–Crippen MR) is 114 cm³/mol. The highest BCUT2D eigenvalue weighted by Gasteiger charge is 2.29. The van der Waals surface area contributed by atoms with E-state index in [9.17, 15) is 9.18 Å². The minimum absolute atomic E-state index is 0.00507. The highest BCUT2D eigenvalue weighted by atomic mass is 19.1. The van der Waals surface area contributed by atoms with Crippen molar-refractivity contribution in [2.45, 2.75) is 96.7 Å². The molecule has 1 aromatic rings. The van der Waals surface area contributed by atoms with Crippen LogP contribution in [0.5, 0.6) is 0 Å². The Balaban J connectivity index is 1.73. The molecule has 1 heterocycles. The van der Waals surface area contributed by atoms with Crippen molar-refractivity contribution in [1.82, 2.24) is 15.6 Å². The van der Waals surface area contributed by atoms with Gasteiger partial charge in [0.05, 0.1) is 6.20 Å². The third kappa shape index (κ3) is 8.69. The number of rotatable bonds is 7. The van der Waals surface area contributed by atoms with Crippen molar-refractivity contribution in [3.63, 3.8) is 0 Å². The first kappa shape index (κ1) is 23.6. The fraction of sp³-hybridized carbons (Fsp3) is 0.739. The lowest BCUT2D eigenvalue weighted by Gasteiger charge is -2.36. The fourth-order valence-electron chi connectivity index (χ4n) is 4.02. The molecule has 2 rings (SSSR count). The first-order valence-electron chi connectivity index (χ1n) is 10.8. The highest BCUT2D eigenvalue weighted by molar-refractivity contribution is 5.68. The molecule has 1 atom stereocenters. The van der Waals surface area contributed by atoms with E-state index in [1.807, 2.05) is 20.8 Å². The zero-order chi connectivity index (χ0) is 21.7. The number of nitrogens with zero attached hydrogens (tertiary/aromatic N) is 1. The second-order valence-corrected chi connectivity index (χ2v) is 10.2. The van der Waals surface area contributed by atoms with Crippen LogP contribution < -0.4 is 10.6 Å². The van der Waals surface area contributed by atoms with E-state index in [0.717, 1.165) is 44.2 Å². The Morgan fingerprint density at radius 1 is 1.21 bits per heavy atom. The van der Waals surface area contributed by atoms with E-state index >= 15 is 0 Å². The topological polar surface area (TPSA) is 63.2 Å². The first-order valence-corrected chi connectivity index (χ1v) is 10.8. The van der Waals surface area contributed by atoms with Gasteiger partial charge in [0.25, 0.3) is 0 Å². The molecule has 2 N–H and O–H groups in total. The summed E-state index contributed by atoms with van der Waals surface area (Å²) in [6.45, 7) is 13.0. The Bertz CT molecular complexity index is 664. The fourth-order valence-corrected chi connectivity index (χ4v) is 4.02. The number of carbonyl (C=O) groups is 1. The summed E-state index contributed by atoms with van der Waals surface area (Å²) in [5, 5.41) is 6.66. The molecular formula is C23H38FN3O2. The Morgan fingerprint density at radius 3 is 2.45 bits per heavy atom. The maximum Gasteiger partial charge on any atom is 0.407 e. The minimum atomic E-state index is -0.463. The van der Waals surface area contributed by atoms with E-state index in [1.54, 1.807) is 12.3 Å². The van der Waals surface area contributed by atoms with Crippen LogP contribution in [-0.4, -0.2) is 34.8 Å². The van der Waals surface area contributed by atoms with Gasteiger partial charge in [0, 0.05) is 24.3 Å². The smallest absolute Gasteiger partial charge is 0.407 e. The number of amides is 1. The number of nitrogens with one attached hydrogen (secondary N) is 2. The average molecular weight is 408 g/mol. The molecule has 1 aromatic heterocycles. The summed E-state index contributed by atoms with van der Waals surface area (Å²) in [4.78, 5) is 15.9. The molecule has 0 saturated heterocycles. The lowest BCUT2D eigenvalue weighted by molar-refractivity contribution is 0.0484. The summed E-state index contributed by atoms with van der Waals surface area (Å²) in [5.74, 6) is 0.553. The van der Waals surface area contributed by atoms with Gasteiger partial charge in [-0.15, -0.1) is 0 Å². The Kier molecular flexibility index (Phi) is 8.03. The normalized spacial score (nSPS) is 21.5. The van der Waals surface area contributed by atoms with Gasteiger partial charge >= 0.3 is 6.09 Å². The molecule has 1 saturated carbocycles. The second-order valence-electron chi connectivity index (χ2n) is 10.2. The lowest BCUT2D eigenvalue weighted by Crippen LogP contribution is -2.45. The van der Waals surface area contributed by atoms with Crippen molar-refractivity contribution in [3.8, 4) is 0 Å². The molecule has 6 heteroatoms. The van der Waals surface area contributed by atoms with Gasteiger partial charge in [-0.05, 0) is 90.2 Å². The van der Waals surface area contributed by atoms with Gasteiger partial charge in [0.15, 0.2) is 0 Å². The molecular weight excluding hydrogens is 369 g/mol. The number of pyridine rings is 1. The van der Waals surface area contributed by atoms with Crippen LogP contribution in [0, 0.1) is 11.7 Å². The lowest BCUT2D eigenvalue weighted by atomic mass is 9.79. The van der Waals surface area contributed by atoms with Gasteiger partial charge in [0.2, 0.25) is 0 Å². The minimum Gasteiger partial charge on any atom is -0.444 e. The van der Waals surface area contributed by atoms with Crippen molar-refractivity contribution in [2.75, 3.05) is 6.54 Å². The number of alkyl carbamates (subject to hydrolysis) is 1. The third-order valence-corrected chi connectivity index (χ3v) is 5.55. The number of carbonyl (C=O) groups excluding carboxylic acids is 1. The van der Waals surface area contributed by atoms with Crippen LogP contribution >= 0.6 is 0 Å². The summed E-state index contributed by atoms with van der Waals surface area (Å²) < 4.78 is 18.7. The van der Waals surface area contributed by atoms with E-state index in [4.69, 9.17) is 4.74 Å². The zero-order valence-electron chi connectivity index (χ0n) is 18.8. The van der Waals surface area contributed by atoms with Gasteiger partial charge in [0.1, 0.15) is 11.4 Å². The first-order chi connectivity index (χ1) is 13.4. The second kappa shape index (κ2) is 9.88. The van der Waals surface area contributed by atoms with Gasteiger partial charge in [-0.1, -0.05) is 6.92 Å². The summed E-state index contributed by atoms with van der Waals surface area (Å²) in [7, 11) is 0. The summed E-state index contributed by atoms with van der Waals surface area (Å²) in [5.41, 5.74) is 0.461. The van der Waals surface area contributed by atoms with Gasteiger partial charge in [-0.2, -0.15) is 0 Å². The van der Waals surface area contributed by atoms with Crippen LogP contribution in [0.3, 0.4) is 0 Å². The number of hydrogen-bond acceptors (Lipinski definition) is 4. The average Bonchev–Trinajstić information content (AvgIpc) is 2.59. The molecule has 164 valence electrons. The van der Waals surface area contributed by atoms with Gasteiger partial charge in [-0.25, -0.2) is 9.18 Å². The van der Waals surface area contributed by atoms with E-state index < -0.39 is 5.60 Å². The maximum atomic E-state index is 13.4. The molecule has 0 aliphatic heterocycles. The molecule has 0 bridgehead atoms. The molecule has 0 aromatic carbocycles. The quantitative estimate of drug-likeness (QED) is 0.655. The van der Waals surface area contributed by atoms with Crippen molar-refractivity contribution in [1.29, 1.82) is 0 Å². The molecule has 1 aliphatic carbocycles. The molecule has 0 unspecified atom stereocenters. The van der Waals surface area contributed by atoms with Crippen molar-refractivity contribution in [2.24, 2.45) is 5.92 Å². The highest BCUT2D eigenvalue weighted by Crippen LogP contribution is 2.31. The van der Waals surface area contributed by atoms with Crippen LogP contribution in [0.25, 0.3) is 0 Å². The van der Waals surface area contributed by atoms with Crippen molar-refractivity contribution < 1.29 is 13.9 Å². The molecule has 1 aliphatic rings. The summed E-state index contributed by atoms with van der Waals surface area (Å²) in [6, 6.07) is 1.77. The van der Waals surface area contributed by atoms with Crippen molar-refractivity contribution >= 4 is 6.09 Å². The van der Waals surface area contributed by atoms with E-state index in [1.165, 1.54) is 6.20 Å². The van der Waals surface area contributed by atoms with Gasteiger partial charge in [-0.3, -0.25) is 4.98 Å². The monoisotopic (exact) mass is 407 g/mol. The van der Waals surface area contributed by atoms with Crippen LogP contribution in [0.15, 0.2) is 18.5 Å². The zero-order valence-corrected chi connectivity index (χ0v) is 18.8. The standard InChI is InChI=1S/C23H38FN3O2/c1-16(18-11-19(24)15-25-14-18)13-26-23(5,6)12-17-7-9-20(10-8-17)27-21(28)29-22(2,3)4/h11,14-17,20,26H,7-10,12-13H2,1-6H3,(H,27,28)/t16-,17?,20?/m0/s1. The van der Waals surface area contributed by atoms with Crippen LogP contribution in [0.1, 0.15) is 85.1 Å². The van der Waals surface area contributed by atoms with Gasteiger partial charge < -0.3 is 15.4 Å². The molecule has 0 spiro atoms. The number of hydrogen-bond donors (Lipinski definition) is 2. The number of ether oxygens (including phenoxy) is 1. The Labute approximate surface area is 175 Å². The maximum absolute atomic E-state index is 13.4. The van der Waals surface area contributed by atoms with Crippen molar-refractivity contribution in [3.05, 3.63) is 29.8 Å². The molecule has 1 amide bonds. The Hall–Kier alpha value is -1.69. The van der Waals surface area contributed by atoms with E-state index in [2.05, 4.69) is 36.4 Å². The van der Waals surface area contributed by atoms with Crippen LogP contribution in [-0.2, 0) is 4.74 Å². The molecule has 1 fully saturated rings. The molecule has 0 radical (unpaired) electrons. The Morgan fingerprint density at radius 2 is 1.86 bits per heavy atom.